The van der Waals surface area contributed by atoms with Crippen LogP contribution in [0.5, 0.6) is 0 Å². The Morgan fingerprint density at radius 2 is 0.500 bits per heavy atom. The number of hydrogen-bond donors (Lipinski definition) is 2. The fraction of sp³-hybridized carbons (Fsp3) is 0.857. The van der Waals surface area contributed by atoms with E-state index in [1.165, 1.54) is 0 Å². The van der Waals surface area contributed by atoms with Crippen LogP contribution < -0.4 is 0 Å². The van der Waals surface area contributed by atoms with Gasteiger partial charge in [-0.25, -0.2) is 0 Å². The van der Waals surface area contributed by atoms with Crippen LogP contribution in [0, 0.1) is 32.5 Å². The second kappa shape index (κ2) is 24.9. The lowest BCUT2D eigenvalue weighted by Gasteiger charge is -2.38. The molecule has 6 aliphatic rings. The Labute approximate surface area is 487 Å². The molecule has 414 valence electrons. The van der Waals surface area contributed by atoms with Crippen molar-refractivity contribution in [1.29, 1.82) is 0 Å². The summed E-state index contributed by atoms with van der Waals surface area (Å²) in [6, 6.07) is 0. The SMILES string of the molecule is CC1(C)COP(=S)(SCc2c(CSP3(=S)OCC(C)(C)CO3)c(CSP3(=S)OCC(C)(C)CO3)c(CS[P+]3(S)OCC(C)(C)CO3)c(CS[P+]3(S)OCC(C)(C)CO3)c2CSP2(=S)OCC(C)(C)CO2)OC1. The van der Waals surface area contributed by atoms with Gasteiger partial charge in [0.25, 0.3) is 0 Å². The lowest BCUT2D eigenvalue weighted by Crippen LogP contribution is -2.29. The molecular weight excluding hydrogens is 1270 g/mol. The normalized spacial score (nSPS) is 28.2. The first-order valence-corrected chi connectivity index (χ1v) is 49.1. The van der Waals surface area contributed by atoms with Gasteiger partial charge in [0, 0.05) is 55.5 Å². The molecule has 0 spiro atoms. The van der Waals surface area contributed by atoms with Crippen LogP contribution in [-0.4, -0.2) is 79.3 Å². The van der Waals surface area contributed by atoms with Gasteiger partial charge in [0.2, 0.25) is 22.8 Å². The molecule has 1 aromatic rings. The van der Waals surface area contributed by atoms with E-state index in [-0.39, 0.29) is 32.5 Å². The molecule has 12 nitrogen and oxygen atoms in total. The van der Waals surface area contributed by atoms with Crippen molar-refractivity contribution in [2.24, 2.45) is 32.5 Å². The van der Waals surface area contributed by atoms with E-state index in [9.17, 15) is 0 Å². The summed E-state index contributed by atoms with van der Waals surface area (Å²) in [6.45, 7) is 31.8. The maximum absolute atomic E-state index is 6.57. The molecule has 1 aromatic carbocycles. The Hall–Kier alpha value is 5.00. The molecule has 0 bridgehead atoms. The lowest BCUT2D eigenvalue weighted by atomic mass is 9.90. The van der Waals surface area contributed by atoms with Crippen LogP contribution >= 0.6 is 128 Å². The third-order valence-corrected chi connectivity index (χ3v) is 43.2. The molecule has 6 heterocycles. The van der Waals surface area contributed by atoms with Crippen LogP contribution in [0.4, 0.5) is 0 Å². The minimum absolute atomic E-state index is 0.143. The fourth-order valence-electron chi connectivity index (χ4n) is 6.98. The zero-order valence-electron chi connectivity index (χ0n) is 43.3. The topological polar surface area (TPSA) is 111 Å². The minimum Gasteiger partial charge on any atom is -0.321 e. The van der Waals surface area contributed by atoms with Crippen molar-refractivity contribution >= 4 is 175 Å². The average Bonchev–Trinajstić information content (AvgIpc) is 3.30. The van der Waals surface area contributed by atoms with Crippen molar-refractivity contribution in [3.05, 3.63) is 33.4 Å². The summed E-state index contributed by atoms with van der Waals surface area (Å²) >= 11 is 45.2. The van der Waals surface area contributed by atoms with E-state index in [1.807, 2.05) is 0 Å². The van der Waals surface area contributed by atoms with Gasteiger partial charge in [0.15, 0.2) is 0 Å². The van der Waals surface area contributed by atoms with E-state index in [4.69, 9.17) is 126 Å². The van der Waals surface area contributed by atoms with Gasteiger partial charge in [-0.2, -0.15) is 18.1 Å². The third-order valence-electron chi connectivity index (χ3n) is 11.8. The highest BCUT2D eigenvalue weighted by Gasteiger charge is 2.51. The molecule has 0 aliphatic carbocycles. The maximum Gasteiger partial charge on any atom is 0.392 e. The summed E-state index contributed by atoms with van der Waals surface area (Å²) in [5.74, 6) is 2.91. The Bertz CT molecular complexity index is 2110. The van der Waals surface area contributed by atoms with Gasteiger partial charge in [-0.3, -0.25) is 0 Å². The van der Waals surface area contributed by atoms with Gasteiger partial charge in [0.05, 0.1) is 112 Å². The Kier molecular flexibility index (Phi) is 22.3. The molecule has 0 radical (unpaired) electrons. The van der Waals surface area contributed by atoms with E-state index >= 15 is 0 Å². The molecule has 0 aromatic heterocycles. The quantitative estimate of drug-likeness (QED) is 0.107. The van der Waals surface area contributed by atoms with Crippen molar-refractivity contribution in [2.45, 2.75) is 118 Å². The first kappa shape index (κ1) is 64.6. The van der Waals surface area contributed by atoms with Gasteiger partial charge in [-0.15, -0.1) is 0 Å². The highest BCUT2D eigenvalue weighted by Crippen LogP contribution is 2.81. The van der Waals surface area contributed by atoms with Crippen molar-refractivity contribution in [1.82, 2.24) is 0 Å². The van der Waals surface area contributed by atoms with E-state index in [0.717, 1.165) is 33.4 Å². The summed E-state index contributed by atoms with van der Waals surface area (Å²) in [5.41, 5.74) is -5.57. The summed E-state index contributed by atoms with van der Waals surface area (Å²) in [6.07, 6.45) is -5.38. The highest BCUT2D eigenvalue weighted by molar-refractivity contribution is 8.87. The fourth-order valence-corrected chi connectivity index (χ4v) is 32.9. The number of thiol groups is 2. The smallest absolute Gasteiger partial charge is 0.321 e. The number of hydrogen-bond acceptors (Lipinski definition) is 24. The molecule has 6 saturated heterocycles. The van der Waals surface area contributed by atoms with E-state index in [1.54, 1.807) is 68.3 Å². The monoisotopic (exact) mass is 1340 g/mol. The zero-order chi connectivity index (χ0) is 52.9. The minimum atomic E-state index is -2.80. The van der Waals surface area contributed by atoms with Crippen LogP contribution in [0.15, 0.2) is 0 Å². The van der Waals surface area contributed by atoms with Crippen LogP contribution in [0.3, 0.4) is 0 Å². The van der Waals surface area contributed by atoms with Crippen molar-refractivity contribution in [2.75, 3.05) is 79.3 Å². The maximum atomic E-state index is 6.57. The second-order valence-corrected chi connectivity index (χ2v) is 62.0. The standard InChI is InChI=1S/C42H74O12P6S12/c1-37(2)19-43-55(61,44-20-37)67-13-31-32(14-68-56(62)45-21-38(3,4)22-46-56)34(16-70-58(64)49-25-40(7,8)26-50-58)36(18-72-60(66)53-29-42(11,12)30-54-60)35(17-71-59(65)51-27-41(9,10)28-52-59)33(31)15-69-57(63)47-23-39(5,6)24-48-57/h61-62H,13-30H2,1-12H3/q+2. The molecule has 0 unspecified atom stereocenters. The Morgan fingerprint density at radius 3 is 0.694 bits per heavy atom. The van der Waals surface area contributed by atoms with E-state index in [0.29, 0.717) is 114 Å². The lowest BCUT2D eigenvalue weighted by molar-refractivity contribution is 0.0657. The van der Waals surface area contributed by atoms with Crippen molar-refractivity contribution < 1.29 is 54.3 Å². The molecule has 30 heteroatoms. The van der Waals surface area contributed by atoms with Gasteiger partial charge < -0.3 is 36.2 Å². The Morgan fingerprint density at radius 1 is 0.333 bits per heavy atom. The molecule has 7 rings (SSSR count). The van der Waals surface area contributed by atoms with Gasteiger partial charge in [0.1, 0.15) is 26.4 Å². The van der Waals surface area contributed by atoms with Crippen molar-refractivity contribution in [3.8, 4) is 0 Å². The predicted octanol–water partition coefficient (Wildman–Crippen LogP) is 17.6. The van der Waals surface area contributed by atoms with E-state index < -0.39 is 35.0 Å². The summed E-state index contributed by atoms with van der Waals surface area (Å²) in [5, 5.41) is 0. The average molecular weight is 1340 g/mol. The summed E-state index contributed by atoms with van der Waals surface area (Å²) in [7, 11) is 0. The second-order valence-electron chi connectivity index (χ2n) is 23.5. The summed E-state index contributed by atoms with van der Waals surface area (Å²) < 4.78 is 78.5. The molecule has 72 heavy (non-hydrogen) atoms. The van der Waals surface area contributed by atoms with Gasteiger partial charge >= 0.3 is 12.2 Å². The first-order chi connectivity index (χ1) is 33.1. The van der Waals surface area contributed by atoms with Crippen LogP contribution in [0.2, 0.25) is 0 Å². The van der Waals surface area contributed by atoms with E-state index in [2.05, 4.69) is 83.1 Å². The molecule has 0 saturated carbocycles. The number of rotatable bonds is 18. The third kappa shape index (κ3) is 18.5. The van der Waals surface area contributed by atoms with Crippen LogP contribution in [0.25, 0.3) is 0 Å². The molecule has 0 atom stereocenters. The molecular formula is C42H74O12P6S12+2. The largest absolute Gasteiger partial charge is 0.392 e. The van der Waals surface area contributed by atoms with Gasteiger partial charge in [-0.05, 0) is 80.6 Å². The van der Waals surface area contributed by atoms with Crippen LogP contribution in [-0.2, 0) is 136 Å². The van der Waals surface area contributed by atoms with Crippen molar-refractivity contribution in [3.63, 3.8) is 0 Å². The van der Waals surface area contributed by atoms with Gasteiger partial charge in [-0.1, -0.05) is 129 Å². The first-order valence-electron chi connectivity index (χ1n) is 23.5. The molecule has 0 amide bonds. The zero-order valence-corrected chi connectivity index (χ0v) is 58.6. The van der Waals surface area contributed by atoms with Crippen LogP contribution in [0.1, 0.15) is 116 Å². The Balaban J connectivity index is 1.42. The summed E-state index contributed by atoms with van der Waals surface area (Å²) in [4.78, 5) is 0. The highest BCUT2D eigenvalue weighted by atomic mass is 33.1. The number of benzene rings is 1. The molecule has 0 N–H and O–H groups in total. The molecule has 6 fully saturated rings. The predicted molar refractivity (Wildman–Crippen MR) is 337 cm³/mol. The molecule has 6 aliphatic heterocycles.